The molecule has 5 nitrogen and oxygen atoms in total. The monoisotopic (exact) mass is 324 g/mol. The number of rotatable bonds is 4. The molecule has 2 saturated heterocycles. The van der Waals surface area contributed by atoms with E-state index < -0.39 is 17.4 Å². The number of nitrogens with zero attached hydrogens (tertiary/aromatic N) is 1. The van der Waals surface area contributed by atoms with E-state index in [1.165, 1.54) is 23.5 Å². The number of β-lactam (4-membered cyclic amide) rings is 1. The van der Waals surface area contributed by atoms with Crippen LogP contribution in [-0.4, -0.2) is 51.3 Å². The maximum Gasteiger partial charge on any atom is 0.313 e. The minimum absolute atomic E-state index is 0.0494. The summed E-state index contributed by atoms with van der Waals surface area (Å²) in [6.45, 7) is 0.256. The highest BCUT2D eigenvalue weighted by Gasteiger charge is 2.55. The number of amides is 1. The van der Waals surface area contributed by atoms with Crippen molar-refractivity contribution in [3.63, 3.8) is 0 Å². The second-order valence-corrected chi connectivity index (χ2v) is 7.53. The molecule has 1 aromatic carbocycles. The zero-order chi connectivity index (χ0) is 15.0. The summed E-state index contributed by atoms with van der Waals surface area (Å²) >= 11 is 3.00. The Morgan fingerprint density at radius 2 is 2.19 bits per heavy atom. The Morgan fingerprint density at radius 3 is 2.86 bits per heavy atom. The Morgan fingerprint density at radius 1 is 1.48 bits per heavy atom. The van der Waals surface area contributed by atoms with E-state index in [9.17, 15) is 14.7 Å². The Bertz CT molecular complexity index is 569. The second-order valence-electron chi connectivity index (χ2n) is 5.38. The fourth-order valence-corrected chi connectivity index (χ4v) is 5.27. The summed E-state index contributed by atoms with van der Waals surface area (Å²) in [7, 11) is 0. The van der Waals surface area contributed by atoms with Gasteiger partial charge in [0.25, 0.3) is 0 Å². The topological polar surface area (TPSA) is 83.6 Å². The quantitative estimate of drug-likeness (QED) is 0.637. The van der Waals surface area contributed by atoms with Crippen LogP contribution >= 0.6 is 23.5 Å². The van der Waals surface area contributed by atoms with Gasteiger partial charge in [0.1, 0.15) is 16.8 Å². The van der Waals surface area contributed by atoms with Crippen LogP contribution in [0, 0.1) is 5.41 Å². The van der Waals surface area contributed by atoms with Crippen LogP contribution in [0.3, 0.4) is 0 Å². The SMILES string of the molecule is NC1C(=O)N2CC(CSc3ccccc3)(C(=O)O)CS[C@H]12. The number of hydrogen-bond donors (Lipinski definition) is 2. The number of carboxylic acids is 1. The summed E-state index contributed by atoms with van der Waals surface area (Å²) in [5, 5.41) is 9.60. The van der Waals surface area contributed by atoms with E-state index in [0.29, 0.717) is 11.5 Å². The van der Waals surface area contributed by atoms with Crippen molar-refractivity contribution in [1.82, 2.24) is 4.90 Å². The molecule has 112 valence electrons. The van der Waals surface area contributed by atoms with Gasteiger partial charge in [0.2, 0.25) is 5.91 Å². The Hall–Kier alpha value is -1.18. The van der Waals surface area contributed by atoms with Crippen LogP contribution in [0.2, 0.25) is 0 Å². The number of carbonyl (C=O) groups excluding carboxylic acids is 1. The average Bonchev–Trinajstić information content (AvgIpc) is 2.52. The highest BCUT2D eigenvalue weighted by atomic mass is 32.2. The zero-order valence-corrected chi connectivity index (χ0v) is 12.9. The predicted molar refractivity (Wildman–Crippen MR) is 83.2 cm³/mol. The maximum absolute atomic E-state index is 11.8. The first-order valence-corrected chi connectivity index (χ1v) is 8.66. The number of benzene rings is 1. The second kappa shape index (κ2) is 5.55. The van der Waals surface area contributed by atoms with Crippen LogP contribution in [0.15, 0.2) is 35.2 Å². The van der Waals surface area contributed by atoms with Gasteiger partial charge in [-0.1, -0.05) is 18.2 Å². The van der Waals surface area contributed by atoms with E-state index in [1.807, 2.05) is 30.3 Å². The Labute approximate surface area is 131 Å². The summed E-state index contributed by atoms with van der Waals surface area (Å²) in [4.78, 5) is 26.2. The third-order valence-corrected chi connectivity index (χ3v) is 6.81. The molecule has 0 aliphatic carbocycles. The van der Waals surface area contributed by atoms with Crippen LogP contribution in [0.4, 0.5) is 0 Å². The minimum atomic E-state index is -0.905. The molecular formula is C14H16N2O3S2. The van der Waals surface area contributed by atoms with Crippen molar-refractivity contribution in [2.75, 3.05) is 18.1 Å². The summed E-state index contributed by atoms with van der Waals surface area (Å²) < 4.78 is 0. The number of fused-ring (bicyclic) bond motifs is 1. The maximum atomic E-state index is 11.8. The van der Waals surface area contributed by atoms with Crippen molar-refractivity contribution in [1.29, 1.82) is 0 Å². The smallest absolute Gasteiger partial charge is 0.313 e. The molecule has 2 unspecified atom stereocenters. The van der Waals surface area contributed by atoms with Crippen LogP contribution in [0.5, 0.6) is 0 Å². The molecule has 0 radical (unpaired) electrons. The van der Waals surface area contributed by atoms with Crippen LogP contribution < -0.4 is 5.73 Å². The van der Waals surface area contributed by atoms with Crippen molar-refractivity contribution < 1.29 is 14.7 Å². The lowest BCUT2D eigenvalue weighted by Gasteiger charge is -2.52. The largest absolute Gasteiger partial charge is 0.481 e. The molecule has 3 N–H and O–H groups in total. The molecule has 3 atom stereocenters. The normalized spacial score (nSPS) is 31.5. The van der Waals surface area contributed by atoms with E-state index in [-0.39, 0.29) is 17.8 Å². The van der Waals surface area contributed by atoms with Gasteiger partial charge in [-0.3, -0.25) is 9.59 Å². The molecule has 2 aliphatic heterocycles. The highest BCUT2D eigenvalue weighted by Crippen LogP contribution is 2.43. The van der Waals surface area contributed by atoms with Gasteiger partial charge in [0.05, 0.1) is 0 Å². The fraction of sp³-hybridized carbons (Fsp3) is 0.429. The molecule has 0 bridgehead atoms. The summed E-state index contributed by atoms with van der Waals surface area (Å²) in [5.41, 5.74) is 4.84. The molecule has 2 heterocycles. The van der Waals surface area contributed by atoms with Crippen molar-refractivity contribution in [3.8, 4) is 0 Å². The molecule has 0 spiro atoms. The average molecular weight is 324 g/mol. The summed E-state index contributed by atoms with van der Waals surface area (Å²) in [6, 6.07) is 9.24. The minimum Gasteiger partial charge on any atom is -0.481 e. The molecule has 2 fully saturated rings. The van der Waals surface area contributed by atoms with Crippen LogP contribution in [0.1, 0.15) is 0 Å². The molecule has 0 aromatic heterocycles. The number of thioether (sulfide) groups is 2. The van der Waals surface area contributed by atoms with E-state index in [0.717, 1.165) is 4.90 Å². The van der Waals surface area contributed by atoms with Gasteiger partial charge in [-0.2, -0.15) is 0 Å². The Kier molecular flexibility index (Phi) is 3.90. The van der Waals surface area contributed by atoms with E-state index in [4.69, 9.17) is 5.73 Å². The lowest BCUT2D eigenvalue weighted by atomic mass is 9.89. The predicted octanol–water partition coefficient (Wildman–Crippen LogP) is 1.09. The van der Waals surface area contributed by atoms with Crippen molar-refractivity contribution >= 4 is 35.4 Å². The molecule has 7 heteroatoms. The summed E-state index contributed by atoms with van der Waals surface area (Å²) in [6.07, 6.45) is 0. The Balaban J connectivity index is 1.72. The number of nitrogens with two attached hydrogens (primary N) is 1. The summed E-state index contributed by atoms with van der Waals surface area (Å²) in [5.74, 6) is -0.0391. The standard InChI is InChI=1S/C14H16N2O3S2/c15-10-11(17)16-6-14(13(18)19,8-21-12(10)16)7-20-9-4-2-1-3-5-9/h1-5,10,12H,6-8,15H2,(H,18,19)/t10?,12-,14?/m1/s1. The van der Waals surface area contributed by atoms with Gasteiger partial charge in [0, 0.05) is 22.9 Å². The van der Waals surface area contributed by atoms with Gasteiger partial charge in [-0.25, -0.2) is 0 Å². The zero-order valence-electron chi connectivity index (χ0n) is 11.3. The molecule has 21 heavy (non-hydrogen) atoms. The van der Waals surface area contributed by atoms with Crippen molar-refractivity contribution in [3.05, 3.63) is 30.3 Å². The third kappa shape index (κ3) is 2.54. The molecule has 3 rings (SSSR count). The van der Waals surface area contributed by atoms with Gasteiger partial charge in [-0.05, 0) is 12.1 Å². The molecular weight excluding hydrogens is 308 g/mol. The molecule has 1 amide bonds. The first kappa shape index (κ1) is 14.7. The lowest BCUT2D eigenvalue weighted by Crippen LogP contribution is -2.72. The number of carboxylic acid groups (broad SMARTS) is 1. The van der Waals surface area contributed by atoms with Gasteiger partial charge in [-0.15, -0.1) is 23.5 Å². The van der Waals surface area contributed by atoms with Crippen molar-refractivity contribution in [2.24, 2.45) is 11.1 Å². The highest BCUT2D eigenvalue weighted by molar-refractivity contribution is 8.00. The third-order valence-electron chi connectivity index (χ3n) is 3.90. The fourth-order valence-electron chi connectivity index (χ4n) is 2.55. The number of hydrogen-bond acceptors (Lipinski definition) is 5. The molecule has 1 aromatic rings. The van der Waals surface area contributed by atoms with E-state index >= 15 is 0 Å². The number of carbonyl (C=O) groups is 2. The molecule has 2 aliphatic rings. The van der Waals surface area contributed by atoms with Crippen LogP contribution in [-0.2, 0) is 9.59 Å². The first-order valence-electron chi connectivity index (χ1n) is 6.62. The van der Waals surface area contributed by atoms with Gasteiger partial charge >= 0.3 is 5.97 Å². The van der Waals surface area contributed by atoms with E-state index in [2.05, 4.69) is 0 Å². The molecule has 0 saturated carbocycles. The van der Waals surface area contributed by atoms with Gasteiger partial charge in [0.15, 0.2) is 0 Å². The van der Waals surface area contributed by atoms with Crippen molar-refractivity contribution in [2.45, 2.75) is 16.3 Å². The van der Waals surface area contributed by atoms with E-state index in [1.54, 1.807) is 4.90 Å². The van der Waals surface area contributed by atoms with Crippen LogP contribution in [0.25, 0.3) is 0 Å². The number of aliphatic carboxylic acids is 1. The lowest BCUT2D eigenvalue weighted by molar-refractivity contribution is -0.155. The first-order chi connectivity index (χ1) is 10.0. The van der Waals surface area contributed by atoms with Gasteiger partial charge < -0.3 is 15.7 Å².